The van der Waals surface area contributed by atoms with Crippen molar-refractivity contribution in [2.75, 3.05) is 26.8 Å². The molecular formula is C15H20BrNO2. The zero-order valence-electron chi connectivity index (χ0n) is 11.5. The van der Waals surface area contributed by atoms with Gasteiger partial charge in [0.1, 0.15) is 0 Å². The number of benzene rings is 1. The van der Waals surface area contributed by atoms with Crippen LogP contribution in [-0.2, 0) is 4.74 Å². The van der Waals surface area contributed by atoms with Crippen LogP contribution in [0.3, 0.4) is 0 Å². The number of ether oxygens (including phenoxy) is 1. The van der Waals surface area contributed by atoms with Crippen molar-refractivity contribution in [3.05, 3.63) is 33.8 Å². The summed E-state index contributed by atoms with van der Waals surface area (Å²) in [6.45, 7) is 4.10. The molecule has 0 saturated heterocycles. The van der Waals surface area contributed by atoms with Gasteiger partial charge in [-0.1, -0.05) is 6.07 Å². The summed E-state index contributed by atoms with van der Waals surface area (Å²) in [6.07, 6.45) is 2.59. The minimum atomic E-state index is 0.0295. The molecule has 0 heterocycles. The Morgan fingerprint density at radius 2 is 2.21 bits per heavy atom. The molecule has 1 saturated carbocycles. The molecule has 1 aliphatic carbocycles. The van der Waals surface area contributed by atoms with E-state index >= 15 is 0 Å². The van der Waals surface area contributed by atoms with Gasteiger partial charge in [0.05, 0.1) is 12.2 Å². The van der Waals surface area contributed by atoms with E-state index in [1.54, 1.807) is 4.90 Å². The van der Waals surface area contributed by atoms with Crippen LogP contribution in [0.1, 0.15) is 28.8 Å². The number of carbonyl (C=O) groups is 1. The molecule has 0 spiro atoms. The molecule has 0 aromatic heterocycles. The topological polar surface area (TPSA) is 29.5 Å². The highest BCUT2D eigenvalue weighted by Crippen LogP contribution is 2.28. The van der Waals surface area contributed by atoms with Crippen LogP contribution in [0.15, 0.2) is 22.7 Å². The molecule has 3 nitrogen and oxygen atoms in total. The Hall–Kier alpha value is -0.870. The smallest absolute Gasteiger partial charge is 0.254 e. The van der Waals surface area contributed by atoms with Crippen molar-refractivity contribution in [1.29, 1.82) is 0 Å². The number of halogens is 1. The van der Waals surface area contributed by atoms with Gasteiger partial charge in [-0.2, -0.15) is 0 Å². The molecule has 0 bridgehead atoms. The predicted octanol–water partition coefficient (Wildman–Crippen LogP) is 3.26. The standard InChI is InChI=1S/C15H20BrNO2/c1-11-3-6-13(14(16)9-11)15(18)17(2)7-8-19-10-12-4-5-12/h3,6,9,12H,4-5,7-8,10H2,1-2H3. The van der Waals surface area contributed by atoms with Crippen molar-refractivity contribution in [1.82, 2.24) is 4.90 Å². The van der Waals surface area contributed by atoms with E-state index in [0.717, 1.165) is 22.6 Å². The first kappa shape index (κ1) is 14.5. The summed E-state index contributed by atoms with van der Waals surface area (Å²) in [4.78, 5) is 14.0. The van der Waals surface area contributed by atoms with Crippen LogP contribution in [0.25, 0.3) is 0 Å². The van der Waals surface area contributed by atoms with Gasteiger partial charge in [0.15, 0.2) is 0 Å². The zero-order valence-corrected chi connectivity index (χ0v) is 13.1. The number of rotatable bonds is 6. The van der Waals surface area contributed by atoms with Gasteiger partial charge in [-0.05, 0) is 59.3 Å². The Balaban J connectivity index is 1.83. The number of hydrogen-bond acceptors (Lipinski definition) is 2. The molecule has 0 N–H and O–H groups in total. The van der Waals surface area contributed by atoms with Crippen molar-refractivity contribution >= 4 is 21.8 Å². The van der Waals surface area contributed by atoms with Crippen molar-refractivity contribution in [2.45, 2.75) is 19.8 Å². The lowest BCUT2D eigenvalue weighted by atomic mass is 10.1. The quantitative estimate of drug-likeness (QED) is 0.751. The van der Waals surface area contributed by atoms with Crippen LogP contribution in [0.4, 0.5) is 0 Å². The Morgan fingerprint density at radius 1 is 1.47 bits per heavy atom. The minimum absolute atomic E-state index is 0.0295. The van der Waals surface area contributed by atoms with Crippen molar-refractivity contribution < 1.29 is 9.53 Å². The monoisotopic (exact) mass is 325 g/mol. The number of aryl methyl sites for hydroxylation is 1. The lowest BCUT2D eigenvalue weighted by Gasteiger charge is -2.18. The van der Waals surface area contributed by atoms with E-state index in [4.69, 9.17) is 4.74 Å². The van der Waals surface area contributed by atoms with Gasteiger partial charge in [-0.3, -0.25) is 4.79 Å². The molecule has 1 aliphatic rings. The highest BCUT2D eigenvalue weighted by atomic mass is 79.9. The molecule has 0 aliphatic heterocycles. The van der Waals surface area contributed by atoms with Gasteiger partial charge in [0.25, 0.3) is 5.91 Å². The fourth-order valence-corrected chi connectivity index (χ4v) is 2.50. The molecule has 104 valence electrons. The fourth-order valence-electron chi connectivity index (χ4n) is 1.84. The average molecular weight is 326 g/mol. The summed E-state index contributed by atoms with van der Waals surface area (Å²) in [5.74, 6) is 0.800. The zero-order chi connectivity index (χ0) is 13.8. The number of amides is 1. The molecule has 4 heteroatoms. The number of carbonyl (C=O) groups excluding carboxylic acids is 1. The fraction of sp³-hybridized carbons (Fsp3) is 0.533. The normalized spacial score (nSPS) is 14.5. The molecule has 0 radical (unpaired) electrons. The van der Waals surface area contributed by atoms with Crippen LogP contribution in [0, 0.1) is 12.8 Å². The van der Waals surface area contributed by atoms with E-state index in [2.05, 4.69) is 15.9 Å². The lowest BCUT2D eigenvalue weighted by molar-refractivity contribution is 0.0680. The highest BCUT2D eigenvalue weighted by Gasteiger charge is 2.21. The maximum Gasteiger partial charge on any atom is 0.254 e. The predicted molar refractivity (Wildman–Crippen MR) is 79.4 cm³/mol. The summed E-state index contributed by atoms with van der Waals surface area (Å²) in [6, 6.07) is 5.78. The summed E-state index contributed by atoms with van der Waals surface area (Å²) in [5, 5.41) is 0. The third kappa shape index (κ3) is 4.32. The summed E-state index contributed by atoms with van der Waals surface area (Å²) >= 11 is 3.45. The van der Waals surface area contributed by atoms with E-state index in [1.165, 1.54) is 12.8 Å². The third-order valence-electron chi connectivity index (χ3n) is 3.32. The number of hydrogen-bond donors (Lipinski definition) is 0. The first-order valence-electron chi connectivity index (χ1n) is 6.67. The van der Waals surface area contributed by atoms with Crippen molar-refractivity contribution in [3.8, 4) is 0 Å². The van der Waals surface area contributed by atoms with Crippen LogP contribution in [0.2, 0.25) is 0 Å². The molecule has 0 atom stereocenters. The van der Waals surface area contributed by atoms with Gasteiger partial charge < -0.3 is 9.64 Å². The summed E-state index contributed by atoms with van der Waals surface area (Å²) < 4.78 is 6.41. The first-order valence-corrected chi connectivity index (χ1v) is 7.46. The lowest BCUT2D eigenvalue weighted by Crippen LogP contribution is -2.30. The SMILES string of the molecule is Cc1ccc(C(=O)N(C)CCOCC2CC2)c(Br)c1. The van der Waals surface area contributed by atoms with Crippen LogP contribution >= 0.6 is 15.9 Å². The van der Waals surface area contributed by atoms with Gasteiger partial charge in [0.2, 0.25) is 0 Å². The Bertz CT molecular complexity index is 457. The van der Waals surface area contributed by atoms with Gasteiger partial charge in [-0.25, -0.2) is 0 Å². The molecule has 19 heavy (non-hydrogen) atoms. The van der Waals surface area contributed by atoms with Crippen molar-refractivity contribution in [3.63, 3.8) is 0 Å². The highest BCUT2D eigenvalue weighted by molar-refractivity contribution is 9.10. The Labute approximate surface area is 123 Å². The number of nitrogens with zero attached hydrogens (tertiary/aromatic N) is 1. The third-order valence-corrected chi connectivity index (χ3v) is 3.98. The maximum atomic E-state index is 12.3. The van der Waals surface area contributed by atoms with Gasteiger partial charge in [-0.15, -0.1) is 0 Å². The van der Waals surface area contributed by atoms with Crippen LogP contribution in [0.5, 0.6) is 0 Å². The summed E-state index contributed by atoms with van der Waals surface area (Å²) in [7, 11) is 1.81. The van der Waals surface area contributed by atoms with E-state index in [-0.39, 0.29) is 5.91 Å². The Morgan fingerprint density at radius 3 is 2.84 bits per heavy atom. The second-order valence-corrected chi connectivity index (χ2v) is 6.08. The maximum absolute atomic E-state index is 12.3. The van der Waals surface area contributed by atoms with E-state index in [0.29, 0.717) is 18.7 Å². The molecule has 0 unspecified atom stereocenters. The Kier molecular flexibility index (Phi) is 4.99. The first-order chi connectivity index (χ1) is 9.08. The second-order valence-electron chi connectivity index (χ2n) is 5.23. The van der Waals surface area contributed by atoms with Crippen LogP contribution in [-0.4, -0.2) is 37.6 Å². The van der Waals surface area contributed by atoms with Gasteiger partial charge in [0, 0.05) is 24.7 Å². The molecule has 1 aromatic rings. The van der Waals surface area contributed by atoms with Crippen molar-refractivity contribution in [2.24, 2.45) is 5.92 Å². The second kappa shape index (κ2) is 6.53. The average Bonchev–Trinajstić information content (AvgIpc) is 3.17. The van der Waals surface area contributed by atoms with E-state index in [1.807, 2.05) is 32.2 Å². The molecule has 1 aromatic carbocycles. The molecule has 1 amide bonds. The van der Waals surface area contributed by atoms with Gasteiger partial charge >= 0.3 is 0 Å². The van der Waals surface area contributed by atoms with Crippen LogP contribution < -0.4 is 0 Å². The van der Waals surface area contributed by atoms with E-state index < -0.39 is 0 Å². The number of likely N-dealkylation sites (N-methyl/N-ethyl adjacent to an activating group) is 1. The molecule has 1 fully saturated rings. The van der Waals surface area contributed by atoms with E-state index in [9.17, 15) is 4.79 Å². The largest absolute Gasteiger partial charge is 0.379 e. The molecule has 2 rings (SSSR count). The minimum Gasteiger partial charge on any atom is -0.379 e. The molecular weight excluding hydrogens is 306 g/mol. The summed E-state index contributed by atoms with van der Waals surface area (Å²) in [5.41, 5.74) is 1.84.